The third-order valence-electron chi connectivity index (χ3n) is 8.17. The van der Waals surface area contributed by atoms with Crippen molar-refractivity contribution in [1.29, 1.82) is 0 Å². The Kier molecular flexibility index (Phi) is 9.50. The van der Waals surface area contributed by atoms with E-state index in [1.54, 1.807) is 7.11 Å². The van der Waals surface area contributed by atoms with Crippen LogP contribution in [-0.4, -0.2) is 56.7 Å². The van der Waals surface area contributed by atoms with Gasteiger partial charge in [-0.05, 0) is 77.0 Å². The Morgan fingerprint density at radius 3 is 2.50 bits per heavy atom. The van der Waals surface area contributed by atoms with Crippen LogP contribution in [0.15, 0.2) is 5.16 Å². The minimum absolute atomic E-state index is 0.0188. The van der Waals surface area contributed by atoms with Crippen molar-refractivity contribution in [3.05, 3.63) is 11.4 Å². The highest BCUT2D eigenvalue weighted by atomic mass is 35.5. The largest absolute Gasteiger partial charge is 0.387 e. The molecule has 0 saturated heterocycles. The number of nitrogens with zero attached hydrogens (tertiary/aromatic N) is 2. The van der Waals surface area contributed by atoms with Gasteiger partial charge in [-0.25, -0.2) is 13.8 Å². The van der Waals surface area contributed by atoms with Gasteiger partial charge in [0.15, 0.2) is 5.16 Å². The molecule has 0 radical (unpaired) electrons. The van der Waals surface area contributed by atoms with Crippen molar-refractivity contribution in [1.82, 2.24) is 9.55 Å². The highest BCUT2D eigenvalue weighted by Gasteiger charge is 2.38. The van der Waals surface area contributed by atoms with E-state index in [0.29, 0.717) is 44.3 Å². The summed E-state index contributed by atoms with van der Waals surface area (Å²) < 4.78 is 36.3. The molecule has 1 N–H and O–H groups in total. The van der Waals surface area contributed by atoms with Gasteiger partial charge >= 0.3 is 0 Å². The smallest absolute Gasteiger partial charge is 0.168 e. The van der Waals surface area contributed by atoms with Crippen LogP contribution in [0.1, 0.15) is 87.7 Å². The van der Waals surface area contributed by atoms with Gasteiger partial charge in [-0.1, -0.05) is 11.8 Å². The molecule has 0 spiro atoms. The summed E-state index contributed by atoms with van der Waals surface area (Å²) in [6.07, 6.45) is 4.56. The molecule has 34 heavy (non-hydrogen) atoms. The average Bonchev–Trinajstić information content (AvgIpc) is 3.15. The number of aryl methyl sites for hydroxylation is 1. The van der Waals surface area contributed by atoms with E-state index in [9.17, 15) is 13.9 Å². The minimum atomic E-state index is -0.892. The third kappa shape index (κ3) is 5.90. The molecule has 0 amide bonds. The van der Waals surface area contributed by atoms with Crippen LogP contribution in [0.25, 0.3) is 0 Å². The SMILES string of the molecule is COC1CC(C(O)c2c(C)nc(SCC3C(F)CCCC3Cl)n2C2CCC(F)CC2)CCC1Cl. The average molecular weight is 540 g/mol. The number of alkyl halides is 4. The maximum Gasteiger partial charge on any atom is 0.168 e. The van der Waals surface area contributed by atoms with Gasteiger partial charge in [0.2, 0.25) is 0 Å². The van der Waals surface area contributed by atoms with Gasteiger partial charge in [-0.3, -0.25) is 0 Å². The topological polar surface area (TPSA) is 47.3 Å². The number of rotatable bonds is 7. The number of imidazole rings is 1. The van der Waals surface area contributed by atoms with E-state index in [1.165, 1.54) is 11.8 Å². The number of aromatic nitrogens is 2. The number of hydrogen-bond donors (Lipinski definition) is 1. The fraction of sp³-hybridized carbons (Fsp3) is 0.880. The van der Waals surface area contributed by atoms with Crippen molar-refractivity contribution >= 4 is 35.0 Å². The molecule has 1 aromatic rings. The summed E-state index contributed by atoms with van der Waals surface area (Å²) in [4.78, 5) is 4.86. The maximum absolute atomic E-state index is 14.6. The maximum atomic E-state index is 14.6. The van der Waals surface area contributed by atoms with Crippen LogP contribution in [0, 0.1) is 18.8 Å². The quantitative estimate of drug-likeness (QED) is 0.301. The molecule has 3 fully saturated rings. The lowest BCUT2D eigenvalue weighted by Gasteiger charge is -2.36. The molecule has 3 saturated carbocycles. The van der Waals surface area contributed by atoms with Crippen molar-refractivity contribution in [2.45, 2.75) is 118 Å². The van der Waals surface area contributed by atoms with Gasteiger partial charge in [-0.15, -0.1) is 23.2 Å². The van der Waals surface area contributed by atoms with E-state index in [-0.39, 0.29) is 34.7 Å². The van der Waals surface area contributed by atoms with Crippen LogP contribution in [0.2, 0.25) is 0 Å². The van der Waals surface area contributed by atoms with E-state index in [2.05, 4.69) is 4.57 Å². The standard InChI is InChI=1S/C25H38Cl2F2N2O2S/c1-14-23(24(32)15-6-11-20(27)22(12-15)33-2)31(17-9-7-16(28)8-10-17)25(30-14)34-13-18-19(26)4-3-5-21(18)29/h15-22,24,32H,3-13H2,1-2H3. The fourth-order valence-electron chi connectivity index (χ4n) is 6.06. The monoisotopic (exact) mass is 538 g/mol. The van der Waals surface area contributed by atoms with Gasteiger partial charge in [-0.2, -0.15) is 0 Å². The Hall–Kier alpha value is -0.0800. The van der Waals surface area contributed by atoms with Crippen LogP contribution >= 0.6 is 35.0 Å². The number of methoxy groups -OCH3 is 1. The normalized spacial score (nSPS) is 38.1. The lowest BCUT2D eigenvalue weighted by Crippen LogP contribution is -2.35. The third-order valence-corrected chi connectivity index (χ3v) is 10.3. The summed E-state index contributed by atoms with van der Waals surface area (Å²) in [6.45, 7) is 1.93. The molecule has 194 valence electrons. The second kappa shape index (κ2) is 12.0. The molecule has 4 rings (SSSR count). The van der Waals surface area contributed by atoms with Crippen LogP contribution in [0.3, 0.4) is 0 Å². The fourth-order valence-corrected chi connectivity index (χ4v) is 8.26. The van der Waals surface area contributed by atoms with Crippen molar-refractivity contribution in [3.63, 3.8) is 0 Å². The molecule has 9 heteroatoms. The van der Waals surface area contributed by atoms with Crippen LogP contribution in [0.4, 0.5) is 8.78 Å². The van der Waals surface area contributed by atoms with E-state index < -0.39 is 18.4 Å². The molecule has 0 bridgehead atoms. The number of ether oxygens (including phenoxy) is 1. The Morgan fingerprint density at radius 2 is 1.82 bits per heavy atom. The summed E-state index contributed by atoms with van der Waals surface area (Å²) in [5, 5.41) is 12.2. The number of aliphatic hydroxyl groups excluding tert-OH is 1. The Bertz CT molecular complexity index is 798. The molecule has 0 aromatic carbocycles. The Morgan fingerprint density at radius 1 is 1.09 bits per heavy atom. The minimum Gasteiger partial charge on any atom is -0.387 e. The molecule has 3 aliphatic rings. The van der Waals surface area contributed by atoms with E-state index in [1.807, 2.05) is 6.92 Å². The second-order valence-corrected chi connectivity index (χ2v) is 12.5. The lowest BCUT2D eigenvalue weighted by molar-refractivity contribution is 0.00435. The summed E-state index contributed by atoms with van der Waals surface area (Å²) >= 11 is 14.5. The molecular formula is C25H38Cl2F2N2O2S. The second-order valence-electron chi connectivity index (χ2n) is 10.4. The van der Waals surface area contributed by atoms with Crippen molar-refractivity contribution < 1.29 is 18.6 Å². The van der Waals surface area contributed by atoms with Crippen molar-refractivity contribution in [2.24, 2.45) is 11.8 Å². The first-order valence-corrected chi connectivity index (χ1v) is 14.6. The zero-order chi connectivity index (χ0) is 24.4. The van der Waals surface area contributed by atoms with Gasteiger partial charge in [0.25, 0.3) is 0 Å². The highest BCUT2D eigenvalue weighted by Crippen LogP contribution is 2.44. The Labute approximate surface area is 216 Å². The van der Waals surface area contributed by atoms with Crippen LogP contribution in [-0.2, 0) is 4.74 Å². The van der Waals surface area contributed by atoms with Crippen LogP contribution in [0.5, 0.6) is 0 Å². The molecule has 3 aliphatic carbocycles. The first-order valence-electron chi connectivity index (χ1n) is 12.8. The van der Waals surface area contributed by atoms with Gasteiger partial charge in [0.1, 0.15) is 12.3 Å². The van der Waals surface area contributed by atoms with Crippen molar-refractivity contribution in [2.75, 3.05) is 12.9 Å². The zero-order valence-electron chi connectivity index (χ0n) is 20.1. The lowest BCUT2D eigenvalue weighted by atomic mass is 9.81. The zero-order valence-corrected chi connectivity index (χ0v) is 22.5. The molecule has 7 unspecified atom stereocenters. The van der Waals surface area contributed by atoms with Gasteiger partial charge in [0.05, 0.1) is 29.0 Å². The predicted octanol–water partition coefficient (Wildman–Crippen LogP) is 6.94. The first kappa shape index (κ1) is 27.0. The molecule has 4 nitrogen and oxygen atoms in total. The van der Waals surface area contributed by atoms with Crippen molar-refractivity contribution in [3.8, 4) is 0 Å². The molecule has 7 atom stereocenters. The molecule has 0 aliphatic heterocycles. The Balaban J connectivity index is 1.60. The van der Waals surface area contributed by atoms with E-state index in [0.717, 1.165) is 42.2 Å². The molecule has 1 aromatic heterocycles. The number of aliphatic hydroxyl groups is 1. The van der Waals surface area contributed by atoms with Gasteiger partial charge in [0, 0.05) is 30.2 Å². The number of halogens is 4. The summed E-state index contributed by atoms with van der Waals surface area (Å²) in [5.41, 5.74) is 1.61. The highest BCUT2D eigenvalue weighted by molar-refractivity contribution is 7.99. The van der Waals surface area contributed by atoms with Gasteiger partial charge < -0.3 is 14.4 Å². The van der Waals surface area contributed by atoms with E-state index in [4.69, 9.17) is 32.9 Å². The molecular weight excluding hydrogens is 501 g/mol. The summed E-state index contributed by atoms with van der Waals surface area (Å²) in [5.74, 6) is 0.371. The molecule has 1 heterocycles. The predicted molar refractivity (Wildman–Crippen MR) is 135 cm³/mol. The number of hydrogen-bond acceptors (Lipinski definition) is 4. The summed E-state index contributed by atoms with van der Waals surface area (Å²) in [7, 11) is 1.67. The first-order chi connectivity index (χ1) is 16.3. The van der Waals surface area contributed by atoms with E-state index >= 15 is 0 Å². The number of thioether (sulfide) groups is 1. The van der Waals surface area contributed by atoms with Crippen LogP contribution < -0.4 is 0 Å². The summed E-state index contributed by atoms with van der Waals surface area (Å²) in [6, 6.07) is 0.0854.